The molecule has 0 heterocycles. The van der Waals surface area contributed by atoms with E-state index in [1.54, 1.807) is 19.0 Å². The Hall–Kier alpha value is -2.91. The second-order valence-corrected chi connectivity index (χ2v) is 11.4. The first-order valence-corrected chi connectivity index (χ1v) is 11.9. The maximum absolute atomic E-state index is 13.8. The lowest BCUT2D eigenvalue weighted by molar-refractivity contribution is -0.157. The molecule has 2 saturated carbocycles. The smallest absolute Gasteiger partial charge is 0.235 e. The summed E-state index contributed by atoms with van der Waals surface area (Å²) >= 11 is 0. The zero-order chi connectivity index (χ0) is 26.1. The van der Waals surface area contributed by atoms with E-state index in [2.05, 4.69) is 0 Å². The molecule has 9 heteroatoms. The van der Waals surface area contributed by atoms with Crippen molar-refractivity contribution in [2.75, 3.05) is 14.1 Å². The predicted molar refractivity (Wildman–Crippen MR) is 126 cm³/mol. The van der Waals surface area contributed by atoms with Crippen molar-refractivity contribution in [2.45, 2.75) is 51.6 Å². The Morgan fingerprint density at radius 2 is 1.71 bits per heavy atom. The Bertz CT molecular complexity index is 1160. The Balaban J connectivity index is 1.86. The summed E-state index contributed by atoms with van der Waals surface area (Å²) in [5.74, 6) is -8.99. The van der Waals surface area contributed by atoms with Crippen LogP contribution in [0.15, 0.2) is 6.07 Å². The van der Waals surface area contributed by atoms with Crippen molar-refractivity contribution in [2.24, 2.45) is 41.1 Å². The third-order valence-corrected chi connectivity index (χ3v) is 8.02. The molecular formula is C26H33N3O6. The third kappa shape index (κ3) is 3.63. The Morgan fingerprint density at radius 3 is 2.23 bits per heavy atom. The van der Waals surface area contributed by atoms with Crippen LogP contribution in [-0.2, 0) is 37.6 Å². The molecule has 1 amide bonds. The lowest BCUT2D eigenvalue weighted by Gasteiger charge is -2.48. The van der Waals surface area contributed by atoms with Crippen molar-refractivity contribution in [1.82, 2.24) is 4.90 Å². The molecule has 9 nitrogen and oxygen atoms in total. The van der Waals surface area contributed by atoms with E-state index in [4.69, 9.17) is 11.5 Å². The lowest BCUT2D eigenvalue weighted by Crippen LogP contribution is -2.64. The van der Waals surface area contributed by atoms with Crippen LogP contribution >= 0.6 is 0 Å². The first-order valence-electron chi connectivity index (χ1n) is 11.9. The van der Waals surface area contributed by atoms with Crippen LogP contribution < -0.4 is 11.5 Å². The summed E-state index contributed by atoms with van der Waals surface area (Å²) in [4.78, 5) is 67.5. The maximum Gasteiger partial charge on any atom is 0.235 e. The second kappa shape index (κ2) is 8.34. The molecule has 0 aromatic heterocycles. The van der Waals surface area contributed by atoms with Crippen LogP contribution in [0, 0.1) is 29.6 Å². The van der Waals surface area contributed by atoms with Crippen molar-refractivity contribution in [1.29, 1.82) is 0 Å². The van der Waals surface area contributed by atoms with Crippen LogP contribution in [-0.4, -0.2) is 59.2 Å². The zero-order valence-electron chi connectivity index (χ0n) is 20.8. The topological polar surface area (TPSA) is 161 Å². The first kappa shape index (κ1) is 25.2. The lowest BCUT2D eigenvalue weighted by atomic mass is 9.54. The van der Waals surface area contributed by atoms with Gasteiger partial charge in [0.1, 0.15) is 5.75 Å². The van der Waals surface area contributed by atoms with Crippen LogP contribution in [0.3, 0.4) is 0 Å². The molecule has 3 unspecified atom stereocenters. The largest absolute Gasteiger partial charge is 0.507 e. The number of likely N-dealkylation sites (N-methyl/N-ethyl adjacent to an activating group) is 1. The van der Waals surface area contributed by atoms with Crippen molar-refractivity contribution in [3.05, 3.63) is 28.3 Å². The Morgan fingerprint density at radius 1 is 1.09 bits per heavy atom. The van der Waals surface area contributed by atoms with Crippen LogP contribution in [0.1, 0.15) is 54.2 Å². The highest BCUT2D eigenvalue weighted by atomic mass is 16.3. The molecule has 0 bridgehead atoms. The van der Waals surface area contributed by atoms with E-state index in [0.717, 1.165) is 5.56 Å². The highest BCUT2D eigenvalue weighted by molar-refractivity contribution is 6.28. The van der Waals surface area contributed by atoms with Crippen molar-refractivity contribution in [3.8, 4) is 5.75 Å². The molecule has 0 aliphatic heterocycles. The summed E-state index contributed by atoms with van der Waals surface area (Å²) in [5, 5.41) is 11.1. The highest BCUT2D eigenvalue weighted by Gasteiger charge is 2.61. The summed E-state index contributed by atoms with van der Waals surface area (Å²) in [7, 11) is 3.31. The van der Waals surface area contributed by atoms with Gasteiger partial charge in [0.05, 0.1) is 23.4 Å². The number of Topliss-reactive ketones (excluding diaryl/α,β-unsaturated/α-hetero) is 4. The number of phenols is 1. The van der Waals surface area contributed by atoms with Crippen LogP contribution in [0.25, 0.3) is 0 Å². The Kier molecular flexibility index (Phi) is 6.00. The average molecular weight is 484 g/mol. The summed E-state index contributed by atoms with van der Waals surface area (Å²) in [6.45, 7) is 5.88. The molecule has 35 heavy (non-hydrogen) atoms. The van der Waals surface area contributed by atoms with Gasteiger partial charge in [-0.15, -0.1) is 0 Å². The van der Waals surface area contributed by atoms with E-state index >= 15 is 0 Å². The number of phenolic OH excluding ortho intramolecular Hbond substituents is 1. The highest BCUT2D eigenvalue weighted by Crippen LogP contribution is 2.50. The number of carbonyl (C=O) groups excluding carboxylic acids is 5. The van der Waals surface area contributed by atoms with Gasteiger partial charge in [-0.25, -0.2) is 0 Å². The monoisotopic (exact) mass is 483 g/mol. The van der Waals surface area contributed by atoms with Gasteiger partial charge in [-0.3, -0.25) is 28.9 Å². The fourth-order valence-electron chi connectivity index (χ4n) is 6.52. The molecule has 3 aliphatic carbocycles. The molecule has 1 aromatic carbocycles. The minimum Gasteiger partial charge on any atom is -0.507 e. The van der Waals surface area contributed by atoms with Gasteiger partial charge in [0.2, 0.25) is 5.91 Å². The molecule has 6 atom stereocenters. The minimum absolute atomic E-state index is 0.0980. The molecule has 188 valence electrons. The second-order valence-electron chi connectivity index (χ2n) is 11.4. The molecule has 2 fully saturated rings. The van der Waals surface area contributed by atoms with Gasteiger partial charge in [-0.05, 0) is 61.4 Å². The number of fused-ring (bicyclic) bond motifs is 3. The van der Waals surface area contributed by atoms with Crippen molar-refractivity contribution in [3.63, 3.8) is 0 Å². The molecule has 1 aromatic rings. The van der Waals surface area contributed by atoms with Gasteiger partial charge in [0.25, 0.3) is 0 Å². The number of amides is 1. The molecule has 0 saturated heterocycles. The van der Waals surface area contributed by atoms with E-state index in [0.29, 0.717) is 17.5 Å². The summed E-state index contributed by atoms with van der Waals surface area (Å²) in [5.41, 5.74) is 13.0. The van der Waals surface area contributed by atoms with E-state index < -0.39 is 70.1 Å². The normalized spacial score (nSPS) is 30.7. The number of nitrogens with zero attached hydrogens (tertiary/aromatic N) is 1. The van der Waals surface area contributed by atoms with Crippen LogP contribution in [0.4, 0.5) is 0 Å². The van der Waals surface area contributed by atoms with E-state index in [1.165, 1.54) is 0 Å². The van der Waals surface area contributed by atoms with E-state index in [9.17, 15) is 29.1 Å². The quantitative estimate of drug-likeness (QED) is 0.524. The minimum atomic E-state index is -1.71. The van der Waals surface area contributed by atoms with Crippen LogP contribution in [0.2, 0.25) is 0 Å². The van der Waals surface area contributed by atoms with Gasteiger partial charge in [-0.1, -0.05) is 20.8 Å². The number of aromatic hydroxyl groups is 1. The zero-order valence-corrected chi connectivity index (χ0v) is 20.8. The standard InChI is InChI=1S/C26H33N3O6/c1-26(2,3)14-8-11(9-27)12-6-10-7-13-17(22(32)15(10)21(31)16(12)20(14)30)23(33)18(25(28)35)24(34)19(13)29(4)5/h8,10,13,15,17-19,30H,6-7,9,27H2,1-5H3,(H2,28,35)/t10-,13+,15?,17?,18?,19-/m0/s1. The summed E-state index contributed by atoms with van der Waals surface area (Å²) in [6.07, 6.45) is 0.608. The van der Waals surface area contributed by atoms with Gasteiger partial charge in [0, 0.05) is 12.1 Å². The molecule has 3 aliphatic rings. The average Bonchev–Trinajstić information content (AvgIpc) is 2.71. The first-order chi connectivity index (χ1) is 16.2. The Labute approximate surface area is 204 Å². The molecule has 4 rings (SSSR count). The number of primary amides is 1. The number of benzene rings is 1. The van der Waals surface area contributed by atoms with Gasteiger partial charge in [0.15, 0.2) is 29.1 Å². The summed E-state index contributed by atoms with van der Waals surface area (Å²) < 4.78 is 0. The maximum atomic E-state index is 13.8. The fraction of sp³-hybridized carbons (Fsp3) is 0.577. The number of hydrogen-bond donors (Lipinski definition) is 3. The van der Waals surface area contributed by atoms with Crippen LogP contribution in [0.5, 0.6) is 5.75 Å². The number of ketones is 4. The molecule has 0 spiro atoms. The number of carbonyl (C=O) groups is 5. The fourth-order valence-corrected chi connectivity index (χ4v) is 6.52. The van der Waals surface area contributed by atoms with Crippen molar-refractivity contribution < 1.29 is 29.1 Å². The van der Waals surface area contributed by atoms with Gasteiger partial charge >= 0.3 is 0 Å². The number of hydrogen-bond acceptors (Lipinski definition) is 8. The summed E-state index contributed by atoms with van der Waals surface area (Å²) in [6, 6.07) is 0.977. The molecule has 0 radical (unpaired) electrons. The third-order valence-electron chi connectivity index (χ3n) is 8.02. The van der Waals surface area contributed by atoms with Crippen molar-refractivity contribution >= 4 is 29.0 Å². The van der Waals surface area contributed by atoms with Gasteiger partial charge in [-0.2, -0.15) is 0 Å². The van der Waals surface area contributed by atoms with E-state index in [1.807, 2.05) is 26.8 Å². The SMILES string of the molecule is CN(C)[C@@H]1C(=O)C(C(N)=O)C(=O)C2C(=O)C3C(=O)c4c(O)c(C(C)(C)C)cc(CN)c4C[C@H]3C[C@H]21. The predicted octanol–water partition coefficient (Wildman–Crippen LogP) is 0.508. The molecular weight excluding hydrogens is 450 g/mol. The molecule has 5 N–H and O–H groups in total. The number of nitrogens with two attached hydrogens (primary N) is 2. The number of rotatable bonds is 3. The van der Waals surface area contributed by atoms with Gasteiger partial charge < -0.3 is 16.6 Å². The van der Waals surface area contributed by atoms with E-state index in [-0.39, 0.29) is 24.3 Å².